The number of carbonyl (C=O) groups is 1. The van der Waals surface area contributed by atoms with Crippen molar-refractivity contribution in [2.24, 2.45) is 5.41 Å². The van der Waals surface area contributed by atoms with Crippen LogP contribution in [0, 0.1) is 5.41 Å². The monoisotopic (exact) mass is 233 g/mol. The molecule has 1 amide bonds. The maximum atomic E-state index is 12.3. The molecule has 0 bridgehead atoms. The summed E-state index contributed by atoms with van der Waals surface area (Å²) in [6.07, 6.45) is 6.28. The zero-order valence-corrected chi connectivity index (χ0v) is 10.2. The smallest absolute Gasteiger partial charge is 0.231 e. The third-order valence-electron chi connectivity index (χ3n) is 3.57. The van der Waals surface area contributed by atoms with Gasteiger partial charge in [0.1, 0.15) is 0 Å². The van der Waals surface area contributed by atoms with E-state index in [1.807, 2.05) is 12.1 Å². The van der Waals surface area contributed by atoms with Gasteiger partial charge in [-0.3, -0.25) is 9.78 Å². The molecule has 1 saturated heterocycles. The number of carbonyl (C=O) groups excluding carboxylic acids is 1. The minimum absolute atomic E-state index is 0.124. The molecule has 2 N–H and O–H groups in total. The zero-order chi connectivity index (χ0) is 12.1. The van der Waals surface area contributed by atoms with E-state index >= 15 is 0 Å². The summed E-state index contributed by atoms with van der Waals surface area (Å²) in [5.74, 6) is 0.124. The van der Waals surface area contributed by atoms with E-state index < -0.39 is 0 Å². The Kier molecular flexibility index (Phi) is 3.74. The highest BCUT2D eigenvalue weighted by Gasteiger charge is 2.37. The summed E-state index contributed by atoms with van der Waals surface area (Å²) in [6.45, 7) is 3.88. The standard InChI is InChI=1S/C13H19N3O/c1-2-13(6-3-7-15-10-13)12(17)16-11-4-8-14-9-5-11/h4-5,8-9,15H,2-3,6-7,10H2,1H3,(H,14,16,17). The molecule has 1 fully saturated rings. The fraction of sp³-hybridized carbons (Fsp3) is 0.538. The molecule has 2 rings (SSSR count). The SMILES string of the molecule is CCC1(C(=O)Nc2ccncc2)CCCNC1. The molecule has 17 heavy (non-hydrogen) atoms. The number of anilines is 1. The second-order valence-electron chi connectivity index (χ2n) is 4.60. The molecule has 2 heterocycles. The summed E-state index contributed by atoms with van der Waals surface area (Å²) in [7, 11) is 0. The van der Waals surface area contributed by atoms with Gasteiger partial charge in [-0.2, -0.15) is 0 Å². The van der Waals surface area contributed by atoms with E-state index in [4.69, 9.17) is 0 Å². The van der Waals surface area contributed by atoms with Crippen LogP contribution in [0.2, 0.25) is 0 Å². The highest BCUT2D eigenvalue weighted by atomic mass is 16.2. The highest BCUT2D eigenvalue weighted by Crippen LogP contribution is 2.31. The molecule has 0 aliphatic carbocycles. The Morgan fingerprint density at radius 2 is 2.29 bits per heavy atom. The van der Waals surface area contributed by atoms with Gasteiger partial charge in [0.25, 0.3) is 0 Å². The van der Waals surface area contributed by atoms with Crippen LogP contribution in [0.4, 0.5) is 5.69 Å². The first-order valence-electron chi connectivity index (χ1n) is 6.19. The maximum Gasteiger partial charge on any atom is 0.231 e. The Hall–Kier alpha value is -1.42. The number of rotatable bonds is 3. The molecule has 1 aliphatic rings. The van der Waals surface area contributed by atoms with Crippen molar-refractivity contribution in [1.29, 1.82) is 0 Å². The lowest BCUT2D eigenvalue weighted by Crippen LogP contribution is -2.47. The molecule has 0 radical (unpaired) electrons. The zero-order valence-electron chi connectivity index (χ0n) is 10.2. The molecule has 0 saturated carbocycles. The minimum atomic E-state index is -0.248. The molecule has 0 spiro atoms. The summed E-state index contributed by atoms with van der Waals surface area (Å²) >= 11 is 0. The topological polar surface area (TPSA) is 54.0 Å². The Balaban J connectivity index is 2.07. The quantitative estimate of drug-likeness (QED) is 0.837. The summed E-state index contributed by atoms with van der Waals surface area (Å²) in [5, 5.41) is 6.30. The predicted octanol–water partition coefficient (Wildman–Crippen LogP) is 1.80. The fourth-order valence-corrected chi connectivity index (χ4v) is 2.32. The number of aromatic nitrogens is 1. The van der Waals surface area contributed by atoms with E-state index in [9.17, 15) is 4.79 Å². The van der Waals surface area contributed by atoms with Crippen LogP contribution in [-0.4, -0.2) is 24.0 Å². The number of hydrogen-bond donors (Lipinski definition) is 2. The Labute approximate surface area is 102 Å². The van der Waals surface area contributed by atoms with Crippen molar-refractivity contribution in [1.82, 2.24) is 10.3 Å². The van der Waals surface area contributed by atoms with Gasteiger partial charge in [-0.15, -0.1) is 0 Å². The van der Waals surface area contributed by atoms with Crippen molar-refractivity contribution in [2.75, 3.05) is 18.4 Å². The van der Waals surface area contributed by atoms with E-state index in [1.54, 1.807) is 12.4 Å². The average Bonchev–Trinajstić information content (AvgIpc) is 2.40. The number of pyridine rings is 1. The number of nitrogens with zero attached hydrogens (tertiary/aromatic N) is 1. The van der Waals surface area contributed by atoms with E-state index in [-0.39, 0.29) is 11.3 Å². The van der Waals surface area contributed by atoms with Crippen LogP contribution in [0.3, 0.4) is 0 Å². The number of nitrogens with one attached hydrogen (secondary N) is 2. The minimum Gasteiger partial charge on any atom is -0.325 e. The first-order valence-corrected chi connectivity index (χ1v) is 6.19. The summed E-state index contributed by atoms with van der Waals surface area (Å²) in [4.78, 5) is 16.3. The predicted molar refractivity (Wildman–Crippen MR) is 67.7 cm³/mol. The average molecular weight is 233 g/mol. The Bertz CT molecular complexity index is 372. The lowest BCUT2D eigenvalue weighted by molar-refractivity contribution is -0.126. The number of amides is 1. The number of hydrogen-bond acceptors (Lipinski definition) is 3. The van der Waals surface area contributed by atoms with Crippen molar-refractivity contribution in [3.05, 3.63) is 24.5 Å². The molecule has 1 atom stereocenters. The molecule has 1 aromatic rings. The highest BCUT2D eigenvalue weighted by molar-refractivity contribution is 5.95. The van der Waals surface area contributed by atoms with Gasteiger partial charge in [0.15, 0.2) is 0 Å². The van der Waals surface area contributed by atoms with Gasteiger partial charge in [0, 0.05) is 24.6 Å². The van der Waals surface area contributed by atoms with Gasteiger partial charge in [-0.05, 0) is 37.9 Å². The molecule has 0 aromatic carbocycles. The molecule has 92 valence electrons. The number of piperidine rings is 1. The van der Waals surface area contributed by atoms with E-state index in [2.05, 4.69) is 22.5 Å². The van der Waals surface area contributed by atoms with Crippen molar-refractivity contribution in [3.8, 4) is 0 Å². The van der Waals surface area contributed by atoms with Crippen molar-refractivity contribution < 1.29 is 4.79 Å². The van der Waals surface area contributed by atoms with E-state index in [1.165, 1.54) is 0 Å². The molecular weight excluding hydrogens is 214 g/mol. The third kappa shape index (κ3) is 2.64. The molecule has 1 unspecified atom stereocenters. The van der Waals surface area contributed by atoms with Gasteiger partial charge in [0.05, 0.1) is 5.41 Å². The van der Waals surface area contributed by atoms with Crippen LogP contribution in [-0.2, 0) is 4.79 Å². The van der Waals surface area contributed by atoms with Gasteiger partial charge in [-0.1, -0.05) is 6.92 Å². The summed E-state index contributed by atoms with van der Waals surface area (Å²) in [5.41, 5.74) is 0.574. The first-order chi connectivity index (χ1) is 8.27. The van der Waals surface area contributed by atoms with Crippen LogP contribution in [0.5, 0.6) is 0 Å². The maximum absolute atomic E-state index is 12.3. The van der Waals surface area contributed by atoms with Gasteiger partial charge >= 0.3 is 0 Å². The molecule has 4 heteroatoms. The summed E-state index contributed by atoms with van der Waals surface area (Å²) in [6, 6.07) is 3.63. The lowest BCUT2D eigenvalue weighted by Gasteiger charge is -2.35. The second-order valence-corrected chi connectivity index (χ2v) is 4.60. The van der Waals surface area contributed by atoms with Crippen LogP contribution in [0.15, 0.2) is 24.5 Å². The van der Waals surface area contributed by atoms with Crippen LogP contribution >= 0.6 is 0 Å². The lowest BCUT2D eigenvalue weighted by atomic mass is 9.77. The van der Waals surface area contributed by atoms with Crippen molar-refractivity contribution in [2.45, 2.75) is 26.2 Å². The van der Waals surface area contributed by atoms with E-state index in [0.717, 1.165) is 38.0 Å². The van der Waals surface area contributed by atoms with Gasteiger partial charge in [0.2, 0.25) is 5.91 Å². The van der Waals surface area contributed by atoms with Crippen LogP contribution < -0.4 is 10.6 Å². The molecule has 4 nitrogen and oxygen atoms in total. The van der Waals surface area contributed by atoms with Crippen molar-refractivity contribution in [3.63, 3.8) is 0 Å². The molecule has 1 aliphatic heterocycles. The Morgan fingerprint density at radius 3 is 2.88 bits per heavy atom. The first kappa shape index (κ1) is 12.0. The second kappa shape index (κ2) is 5.27. The normalized spacial score (nSPS) is 24.3. The van der Waals surface area contributed by atoms with Crippen molar-refractivity contribution >= 4 is 11.6 Å². The van der Waals surface area contributed by atoms with Gasteiger partial charge in [-0.25, -0.2) is 0 Å². The molecule has 1 aromatic heterocycles. The largest absolute Gasteiger partial charge is 0.325 e. The fourth-order valence-electron chi connectivity index (χ4n) is 2.32. The van der Waals surface area contributed by atoms with E-state index in [0.29, 0.717) is 0 Å². The van der Waals surface area contributed by atoms with Gasteiger partial charge < -0.3 is 10.6 Å². The van der Waals surface area contributed by atoms with Crippen LogP contribution in [0.25, 0.3) is 0 Å². The third-order valence-corrected chi connectivity index (χ3v) is 3.57. The summed E-state index contributed by atoms with van der Waals surface area (Å²) < 4.78 is 0. The molecular formula is C13H19N3O. The van der Waals surface area contributed by atoms with Crippen LogP contribution in [0.1, 0.15) is 26.2 Å². The Morgan fingerprint density at radius 1 is 1.53 bits per heavy atom.